The summed E-state index contributed by atoms with van der Waals surface area (Å²) in [7, 11) is 1.88. The van der Waals surface area contributed by atoms with Gasteiger partial charge >= 0.3 is 0 Å². The zero-order valence-corrected chi connectivity index (χ0v) is 6.97. The molecule has 2 heteroatoms. The number of hydrogen-bond acceptors (Lipinski definition) is 1. The fraction of sp³-hybridized carbons (Fsp3) is 0.625. The van der Waals surface area contributed by atoms with Crippen LogP contribution in [0.25, 0.3) is 0 Å². The predicted octanol–water partition coefficient (Wildman–Crippen LogP) is 1.52. The van der Waals surface area contributed by atoms with Crippen molar-refractivity contribution in [2.75, 3.05) is 0 Å². The van der Waals surface area contributed by atoms with Crippen LogP contribution in [0, 0.1) is 6.20 Å². The highest BCUT2D eigenvalue weighted by atomic mass is 15.2. The van der Waals surface area contributed by atoms with Crippen molar-refractivity contribution in [2.24, 2.45) is 7.05 Å². The molecule has 0 spiro atoms. The Kier molecular flexibility index (Phi) is 1.55. The Hall–Kier alpha value is -0.790. The lowest BCUT2D eigenvalue weighted by molar-refractivity contribution is 0.553. The van der Waals surface area contributed by atoms with Crippen LogP contribution in [0.5, 0.6) is 0 Å². The molecule has 0 N–H and O–H groups in total. The minimum atomic E-state index is 0.151. The molecule has 1 aromatic heterocycles. The first-order chi connectivity index (χ1) is 4.50. The molecule has 0 amide bonds. The summed E-state index contributed by atoms with van der Waals surface area (Å²) in [6.07, 6.45) is 2.98. The average Bonchev–Trinajstić information content (AvgIpc) is 2.11. The zero-order valence-electron chi connectivity index (χ0n) is 6.97. The van der Waals surface area contributed by atoms with Crippen LogP contribution in [0.2, 0.25) is 0 Å². The molecule has 0 aliphatic carbocycles. The van der Waals surface area contributed by atoms with Gasteiger partial charge in [0.2, 0.25) is 0 Å². The normalized spacial score (nSPS) is 12.0. The lowest BCUT2D eigenvalue weighted by Crippen LogP contribution is -2.12. The molecule has 10 heavy (non-hydrogen) atoms. The first-order valence-corrected chi connectivity index (χ1v) is 3.42. The highest BCUT2D eigenvalue weighted by molar-refractivity contribution is 5.09. The molecule has 0 unspecified atom stereocenters. The first-order valence-electron chi connectivity index (χ1n) is 3.42. The van der Waals surface area contributed by atoms with E-state index in [-0.39, 0.29) is 5.41 Å². The Morgan fingerprint density at radius 2 is 2.10 bits per heavy atom. The largest absolute Gasteiger partial charge is 0.266 e. The second kappa shape index (κ2) is 2.11. The molecule has 1 radical (unpaired) electrons. The van der Waals surface area contributed by atoms with E-state index < -0.39 is 0 Å². The minimum Gasteiger partial charge on any atom is -0.266 e. The van der Waals surface area contributed by atoms with Gasteiger partial charge in [-0.1, -0.05) is 20.8 Å². The van der Waals surface area contributed by atoms with Gasteiger partial charge in [-0.05, 0) is 6.07 Å². The van der Waals surface area contributed by atoms with Crippen LogP contribution in [-0.2, 0) is 12.5 Å². The van der Waals surface area contributed by atoms with Crippen LogP contribution in [0.4, 0.5) is 0 Å². The molecule has 0 fully saturated rings. The van der Waals surface area contributed by atoms with Gasteiger partial charge in [0, 0.05) is 12.5 Å². The van der Waals surface area contributed by atoms with E-state index in [0.717, 1.165) is 5.69 Å². The molecule has 0 bridgehead atoms. The second-order valence-corrected chi connectivity index (χ2v) is 3.53. The van der Waals surface area contributed by atoms with Crippen molar-refractivity contribution >= 4 is 0 Å². The van der Waals surface area contributed by atoms with E-state index in [1.165, 1.54) is 0 Å². The summed E-state index contributed by atoms with van der Waals surface area (Å²) in [5.41, 5.74) is 1.24. The zero-order chi connectivity index (χ0) is 7.78. The average molecular weight is 137 g/mol. The molecule has 0 saturated carbocycles. The maximum absolute atomic E-state index is 4.24. The lowest BCUT2D eigenvalue weighted by Gasteiger charge is -2.13. The summed E-state index contributed by atoms with van der Waals surface area (Å²) >= 11 is 0. The molecule has 1 heterocycles. The third kappa shape index (κ3) is 1.38. The van der Waals surface area contributed by atoms with Crippen LogP contribution < -0.4 is 0 Å². The monoisotopic (exact) mass is 137 g/mol. The van der Waals surface area contributed by atoms with Crippen molar-refractivity contribution in [3.63, 3.8) is 0 Å². The molecule has 0 atom stereocenters. The fourth-order valence-corrected chi connectivity index (χ4v) is 0.740. The molecule has 2 nitrogen and oxygen atoms in total. The van der Waals surface area contributed by atoms with Crippen LogP contribution >= 0.6 is 0 Å². The van der Waals surface area contributed by atoms with E-state index in [2.05, 4.69) is 32.1 Å². The van der Waals surface area contributed by atoms with Gasteiger partial charge in [0.15, 0.2) is 0 Å². The SMILES string of the molecule is Cn1[c]cc(C(C)(C)C)n1. The van der Waals surface area contributed by atoms with Crippen LogP contribution in [0.3, 0.4) is 0 Å². The van der Waals surface area contributed by atoms with E-state index in [9.17, 15) is 0 Å². The molecule has 0 aliphatic heterocycles. The van der Waals surface area contributed by atoms with Gasteiger partial charge in [-0.2, -0.15) is 5.10 Å². The van der Waals surface area contributed by atoms with Gasteiger partial charge in [-0.3, -0.25) is 4.68 Å². The number of aryl methyl sites for hydroxylation is 1. The van der Waals surface area contributed by atoms with Gasteiger partial charge in [-0.25, -0.2) is 0 Å². The maximum Gasteiger partial charge on any atom is 0.0863 e. The maximum atomic E-state index is 4.24. The summed E-state index contributed by atoms with van der Waals surface area (Å²) in [6.45, 7) is 6.43. The van der Waals surface area contributed by atoms with Crippen molar-refractivity contribution in [1.82, 2.24) is 9.78 Å². The molecule has 0 aliphatic rings. The summed E-state index contributed by atoms with van der Waals surface area (Å²) in [5, 5.41) is 4.24. The number of hydrogen-bond donors (Lipinski definition) is 0. The summed E-state index contributed by atoms with van der Waals surface area (Å²) in [5.74, 6) is 0. The Labute approximate surface area is 61.9 Å². The number of nitrogens with zero attached hydrogens (tertiary/aromatic N) is 2. The predicted molar refractivity (Wildman–Crippen MR) is 40.7 cm³/mol. The molecule has 1 rings (SSSR count). The van der Waals surface area contributed by atoms with Gasteiger partial charge in [0.05, 0.1) is 11.9 Å². The van der Waals surface area contributed by atoms with E-state index in [1.807, 2.05) is 13.1 Å². The van der Waals surface area contributed by atoms with Crippen molar-refractivity contribution in [3.05, 3.63) is 18.0 Å². The highest BCUT2D eigenvalue weighted by Gasteiger charge is 2.15. The van der Waals surface area contributed by atoms with Crippen LogP contribution in [0.15, 0.2) is 6.07 Å². The van der Waals surface area contributed by atoms with Gasteiger partial charge < -0.3 is 0 Å². The lowest BCUT2D eigenvalue weighted by atomic mass is 9.93. The van der Waals surface area contributed by atoms with Crippen LogP contribution in [-0.4, -0.2) is 9.78 Å². The molecular formula is C8H13N2. The quantitative estimate of drug-likeness (QED) is 0.530. The first kappa shape index (κ1) is 7.32. The van der Waals surface area contributed by atoms with E-state index in [0.29, 0.717) is 0 Å². The number of aromatic nitrogens is 2. The third-order valence-corrected chi connectivity index (χ3v) is 1.41. The van der Waals surface area contributed by atoms with Crippen molar-refractivity contribution in [1.29, 1.82) is 0 Å². The van der Waals surface area contributed by atoms with E-state index in [4.69, 9.17) is 0 Å². The molecular weight excluding hydrogens is 124 g/mol. The second-order valence-electron chi connectivity index (χ2n) is 3.53. The van der Waals surface area contributed by atoms with Crippen molar-refractivity contribution in [3.8, 4) is 0 Å². The summed E-state index contributed by atoms with van der Waals surface area (Å²) in [4.78, 5) is 0. The Bertz CT molecular complexity index is 217. The smallest absolute Gasteiger partial charge is 0.0863 e. The highest BCUT2D eigenvalue weighted by Crippen LogP contribution is 2.18. The molecule has 0 saturated heterocycles. The fourth-order valence-electron chi connectivity index (χ4n) is 0.740. The minimum absolute atomic E-state index is 0.151. The Morgan fingerprint density at radius 3 is 2.30 bits per heavy atom. The van der Waals surface area contributed by atoms with Crippen LogP contribution in [0.1, 0.15) is 26.5 Å². The molecule has 0 aromatic carbocycles. The summed E-state index contributed by atoms with van der Waals surface area (Å²) in [6, 6.07) is 1.93. The van der Waals surface area contributed by atoms with E-state index in [1.54, 1.807) is 4.68 Å². The van der Waals surface area contributed by atoms with E-state index >= 15 is 0 Å². The summed E-state index contributed by atoms with van der Waals surface area (Å²) < 4.78 is 1.71. The standard InChI is InChI=1S/C8H13N2/c1-8(2,3)7-5-6-10(4)9-7/h5H,1-4H3. The third-order valence-electron chi connectivity index (χ3n) is 1.41. The van der Waals surface area contributed by atoms with Gasteiger partial charge in [-0.15, -0.1) is 0 Å². The van der Waals surface area contributed by atoms with Gasteiger partial charge in [0.1, 0.15) is 0 Å². The van der Waals surface area contributed by atoms with Gasteiger partial charge in [0.25, 0.3) is 0 Å². The molecule has 1 aromatic rings. The Morgan fingerprint density at radius 1 is 1.50 bits per heavy atom. The topological polar surface area (TPSA) is 17.8 Å². The Balaban J connectivity index is 2.96. The van der Waals surface area contributed by atoms with Crippen molar-refractivity contribution < 1.29 is 0 Å². The molecule has 55 valence electrons. The number of rotatable bonds is 0. The van der Waals surface area contributed by atoms with Crippen molar-refractivity contribution in [2.45, 2.75) is 26.2 Å².